The SMILES string of the molecule is COc1ccccc1[C@H](CC[NH3+])c1ccco1. The van der Waals surface area contributed by atoms with Crippen LogP contribution in [0.25, 0.3) is 0 Å². The first-order valence-corrected chi connectivity index (χ1v) is 5.82. The molecule has 2 rings (SSSR count). The van der Waals surface area contributed by atoms with Gasteiger partial charge in [0, 0.05) is 12.0 Å². The number of para-hydroxylation sites is 1. The second-order valence-corrected chi connectivity index (χ2v) is 3.95. The number of hydrogen-bond acceptors (Lipinski definition) is 2. The Balaban J connectivity index is 2.39. The summed E-state index contributed by atoms with van der Waals surface area (Å²) in [6.45, 7) is 0.864. The molecule has 0 fully saturated rings. The molecule has 0 saturated heterocycles. The minimum absolute atomic E-state index is 0.221. The number of furan rings is 1. The van der Waals surface area contributed by atoms with Crippen LogP contribution >= 0.6 is 0 Å². The van der Waals surface area contributed by atoms with Gasteiger partial charge < -0.3 is 14.9 Å². The van der Waals surface area contributed by atoms with Crippen molar-refractivity contribution >= 4 is 0 Å². The average Bonchev–Trinajstić information content (AvgIpc) is 2.89. The fourth-order valence-electron chi connectivity index (χ4n) is 2.10. The van der Waals surface area contributed by atoms with Gasteiger partial charge in [-0.1, -0.05) is 18.2 Å². The van der Waals surface area contributed by atoms with Gasteiger partial charge in [0.15, 0.2) is 0 Å². The van der Waals surface area contributed by atoms with Crippen LogP contribution in [0.15, 0.2) is 47.1 Å². The first-order valence-electron chi connectivity index (χ1n) is 5.82. The number of hydrogen-bond donors (Lipinski definition) is 1. The Morgan fingerprint density at radius 2 is 2.06 bits per heavy atom. The highest BCUT2D eigenvalue weighted by Crippen LogP contribution is 2.33. The van der Waals surface area contributed by atoms with Gasteiger partial charge in [0.2, 0.25) is 0 Å². The smallest absolute Gasteiger partial charge is 0.122 e. The van der Waals surface area contributed by atoms with E-state index in [-0.39, 0.29) is 5.92 Å². The van der Waals surface area contributed by atoms with E-state index in [2.05, 4.69) is 11.8 Å². The molecule has 0 aliphatic rings. The summed E-state index contributed by atoms with van der Waals surface area (Å²) >= 11 is 0. The van der Waals surface area contributed by atoms with Crippen LogP contribution in [-0.2, 0) is 0 Å². The van der Waals surface area contributed by atoms with E-state index < -0.39 is 0 Å². The van der Waals surface area contributed by atoms with Crippen LogP contribution in [0, 0.1) is 0 Å². The summed E-state index contributed by atoms with van der Waals surface area (Å²) in [7, 11) is 1.70. The normalized spacial score (nSPS) is 12.4. The van der Waals surface area contributed by atoms with Crippen molar-refractivity contribution in [1.82, 2.24) is 0 Å². The van der Waals surface area contributed by atoms with Crippen LogP contribution in [0.5, 0.6) is 5.75 Å². The third kappa shape index (κ3) is 2.50. The minimum atomic E-state index is 0.221. The monoisotopic (exact) mass is 232 g/mol. The lowest BCUT2D eigenvalue weighted by atomic mass is 9.92. The molecule has 3 nitrogen and oxygen atoms in total. The lowest BCUT2D eigenvalue weighted by Crippen LogP contribution is -2.50. The summed E-state index contributed by atoms with van der Waals surface area (Å²) in [5.74, 6) is 2.10. The Morgan fingerprint density at radius 3 is 2.71 bits per heavy atom. The molecule has 3 heteroatoms. The molecule has 1 aromatic carbocycles. The van der Waals surface area contributed by atoms with Crippen molar-refractivity contribution in [2.75, 3.05) is 13.7 Å². The Kier molecular flexibility index (Phi) is 3.83. The van der Waals surface area contributed by atoms with E-state index >= 15 is 0 Å². The van der Waals surface area contributed by atoms with Crippen LogP contribution in [0.1, 0.15) is 23.7 Å². The van der Waals surface area contributed by atoms with Gasteiger partial charge in [-0.05, 0) is 18.2 Å². The second kappa shape index (κ2) is 5.55. The van der Waals surface area contributed by atoms with Gasteiger partial charge in [0.25, 0.3) is 0 Å². The van der Waals surface area contributed by atoms with Crippen LogP contribution in [0.4, 0.5) is 0 Å². The lowest BCUT2D eigenvalue weighted by molar-refractivity contribution is -0.368. The number of quaternary nitrogens is 1. The number of rotatable bonds is 5. The summed E-state index contributed by atoms with van der Waals surface area (Å²) in [5.41, 5.74) is 5.09. The van der Waals surface area contributed by atoms with E-state index in [0.717, 1.165) is 30.0 Å². The van der Waals surface area contributed by atoms with Gasteiger partial charge in [0.1, 0.15) is 11.5 Å². The number of benzene rings is 1. The zero-order valence-electron chi connectivity index (χ0n) is 10.1. The predicted octanol–water partition coefficient (Wildman–Crippen LogP) is 2.05. The maximum Gasteiger partial charge on any atom is 0.122 e. The van der Waals surface area contributed by atoms with Crippen molar-refractivity contribution in [3.8, 4) is 5.75 Å². The molecule has 3 N–H and O–H groups in total. The molecule has 1 heterocycles. The first-order chi connectivity index (χ1) is 8.36. The molecule has 0 amide bonds. The van der Waals surface area contributed by atoms with Crippen LogP contribution in [0.3, 0.4) is 0 Å². The highest BCUT2D eigenvalue weighted by atomic mass is 16.5. The van der Waals surface area contributed by atoms with E-state index in [1.54, 1.807) is 13.4 Å². The summed E-state index contributed by atoms with van der Waals surface area (Å²) < 4.78 is 10.9. The van der Waals surface area contributed by atoms with Crippen molar-refractivity contribution in [2.24, 2.45) is 0 Å². The molecule has 0 bridgehead atoms. The van der Waals surface area contributed by atoms with Gasteiger partial charge in [0.05, 0.1) is 25.8 Å². The number of methoxy groups -OCH3 is 1. The van der Waals surface area contributed by atoms with Gasteiger partial charge in [-0.2, -0.15) is 0 Å². The highest BCUT2D eigenvalue weighted by molar-refractivity contribution is 5.39. The molecule has 0 radical (unpaired) electrons. The van der Waals surface area contributed by atoms with Gasteiger partial charge in [-0.25, -0.2) is 0 Å². The fourth-order valence-corrected chi connectivity index (χ4v) is 2.10. The molecule has 0 aliphatic carbocycles. The van der Waals surface area contributed by atoms with Crippen LogP contribution in [0.2, 0.25) is 0 Å². The Bertz CT molecular complexity index is 451. The maximum atomic E-state index is 5.52. The molecule has 1 aromatic heterocycles. The van der Waals surface area contributed by atoms with Crippen LogP contribution in [-0.4, -0.2) is 13.7 Å². The van der Waals surface area contributed by atoms with Crippen molar-refractivity contribution in [2.45, 2.75) is 12.3 Å². The Hall–Kier alpha value is -1.74. The lowest BCUT2D eigenvalue weighted by Gasteiger charge is -2.16. The van der Waals surface area contributed by atoms with Crippen molar-refractivity contribution in [3.63, 3.8) is 0 Å². The van der Waals surface area contributed by atoms with Crippen LogP contribution < -0.4 is 10.5 Å². The van der Waals surface area contributed by atoms with E-state index in [1.165, 1.54) is 0 Å². The molecule has 0 spiro atoms. The Morgan fingerprint density at radius 1 is 1.24 bits per heavy atom. The Labute approximate surface area is 101 Å². The molecule has 2 aromatic rings. The summed E-state index contributed by atoms with van der Waals surface area (Å²) in [6, 6.07) is 12.0. The van der Waals surface area contributed by atoms with Gasteiger partial charge in [-0.15, -0.1) is 0 Å². The highest BCUT2D eigenvalue weighted by Gasteiger charge is 2.20. The second-order valence-electron chi connectivity index (χ2n) is 3.95. The molecule has 17 heavy (non-hydrogen) atoms. The maximum absolute atomic E-state index is 5.52. The van der Waals surface area contributed by atoms with Gasteiger partial charge >= 0.3 is 0 Å². The van der Waals surface area contributed by atoms with E-state index in [9.17, 15) is 0 Å². The summed E-state index contributed by atoms with van der Waals surface area (Å²) in [6.07, 6.45) is 2.66. The standard InChI is InChI=1S/C14H17NO2/c1-16-13-6-3-2-5-11(13)12(8-9-15)14-7-4-10-17-14/h2-7,10,12H,8-9,15H2,1H3/p+1/t12-/m0/s1. The van der Waals surface area contributed by atoms with Crippen molar-refractivity contribution in [3.05, 3.63) is 54.0 Å². The minimum Gasteiger partial charge on any atom is -0.496 e. The molecule has 1 atom stereocenters. The van der Waals surface area contributed by atoms with E-state index in [1.807, 2.05) is 30.3 Å². The predicted molar refractivity (Wildman–Crippen MR) is 65.9 cm³/mol. The third-order valence-corrected chi connectivity index (χ3v) is 2.89. The van der Waals surface area contributed by atoms with Gasteiger partial charge in [-0.3, -0.25) is 0 Å². The van der Waals surface area contributed by atoms with Crippen molar-refractivity contribution < 1.29 is 14.9 Å². The largest absolute Gasteiger partial charge is 0.496 e. The molecule has 0 aliphatic heterocycles. The zero-order valence-corrected chi connectivity index (χ0v) is 10.1. The fraction of sp³-hybridized carbons (Fsp3) is 0.286. The molecular formula is C14H18NO2+. The van der Waals surface area contributed by atoms with E-state index in [4.69, 9.17) is 9.15 Å². The topological polar surface area (TPSA) is 50.0 Å². The first kappa shape index (κ1) is 11.7. The quantitative estimate of drug-likeness (QED) is 0.857. The third-order valence-electron chi connectivity index (χ3n) is 2.89. The molecule has 0 unspecified atom stereocenters. The van der Waals surface area contributed by atoms with Crippen molar-refractivity contribution in [1.29, 1.82) is 0 Å². The summed E-state index contributed by atoms with van der Waals surface area (Å²) in [4.78, 5) is 0. The van der Waals surface area contributed by atoms with E-state index in [0.29, 0.717) is 0 Å². The average molecular weight is 232 g/mol. The molecule has 0 saturated carbocycles. The zero-order chi connectivity index (χ0) is 12.1. The molecule has 90 valence electrons. The molecular weight excluding hydrogens is 214 g/mol. The summed E-state index contributed by atoms with van der Waals surface area (Å²) in [5, 5.41) is 0. The number of ether oxygens (including phenoxy) is 1.